The van der Waals surface area contributed by atoms with Crippen molar-refractivity contribution in [1.29, 1.82) is 0 Å². The van der Waals surface area contributed by atoms with Crippen molar-refractivity contribution in [2.24, 2.45) is 5.73 Å². The molecule has 0 saturated heterocycles. The highest BCUT2D eigenvalue weighted by molar-refractivity contribution is 6.30. The summed E-state index contributed by atoms with van der Waals surface area (Å²) in [7, 11) is 4.16. The van der Waals surface area contributed by atoms with E-state index in [4.69, 9.17) is 17.3 Å². The van der Waals surface area contributed by atoms with E-state index >= 15 is 0 Å². The van der Waals surface area contributed by atoms with Gasteiger partial charge < -0.3 is 10.6 Å². The molecule has 0 heterocycles. The minimum atomic E-state index is 0.435. The maximum absolute atomic E-state index is 5.85. The molecule has 0 spiro atoms. The number of halogens is 1. The van der Waals surface area contributed by atoms with Gasteiger partial charge in [0.25, 0.3) is 0 Å². The predicted octanol–water partition coefficient (Wildman–Crippen LogP) is 2.33. The summed E-state index contributed by atoms with van der Waals surface area (Å²) < 4.78 is 0. The van der Waals surface area contributed by atoms with Crippen LogP contribution in [0.4, 0.5) is 0 Å². The summed E-state index contributed by atoms with van der Waals surface area (Å²) >= 11 is 5.85. The van der Waals surface area contributed by atoms with Crippen LogP contribution < -0.4 is 5.73 Å². The molecule has 0 aliphatic rings. The Morgan fingerprint density at radius 2 is 1.87 bits per heavy atom. The van der Waals surface area contributed by atoms with Crippen LogP contribution in [0.25, 0.3) is 0 Å². The Labute approximate surface area is 97.0 Å². The normalized spacial score (nSPS) is 13.1. The zero-order valence-corrected chi connectivity index (χ0v) is 10.2. The van der Waals surface area contributed by atoms with Crippen LogP contribution in [0.2, 0.25) is 5.02 Å². The van der Waals surface area contributed by atoms with Gasteiger partial charge in [-0.05, 0) is 57.2 Å². The highest BCUT2D eigenvalue weighted by atomic mass is 35.5. The number of nitrogens with two attached hydrogens (primary N) is 1. The fraction of sp³-hybridized carbons (Fsp3) is 0.500. The van der Waals surface area contributed by atoms with Crippen molar-refractivity contribution in [2.75, 3.05) is 27.2 Å². The summed E-state index contributed by atoms with van der Waals surface area (Å²) in [4.78, 5) is 2.18. The van der Waals surface area contributed by atoms with Crippen molar-refractivity contribution in [1.82, 2.24) is 4.90 Å². The second-order valence-electron chi connectivity index (χ2n) is 4.08. The van der Waals surface area contributed by atoms with E-state index in [1.165, 1.54) is 5.56 Å². The first-order valence-electron chi connectivity index (χ1n) is 5.23. The SMILES string of the molecule is CN(C)CC[C@@H](CN)c1ccc(Cl)cc1. The summed E-state index contributed by atoms with van der Waals surface area (Å²) in [6.07, 6.45) is 1.09. The van der Waals surface area contributed by atoms with Gasteiger partial charge >= 0.3 is 0 Å². The zero-order valence-electron chi connectivity index (χ0n) is 9.41. The Morgan fingerprint density at radius 1 is 1.27 bits per heavy atom. The fourth-order valence-corrected chi connectivity index (χ4v) is 1.70. The van der Waals surface area contributed by atoms with Gasteiger partial charge in [0, 0.05) is 5.02 Å². The minimum Gasteiger partial charge on any atom is -0.330 e. The van der Waals surface area contributed by atoms with Gasteiger partial charge in [0.1, 0.15) is 0 Å². The molecular weight excluding hydrogens is 208 g/mol. The monoisotopic (exact) mass is 226 g/mol. The van der Waals surface area contributed by atoms with Crippen LogP contribution in [0.1, 0.15) is 17.9 Å². The Morgan fingerprint density at radius 3 is 2.33 bits per heavy atom. The van der Waals surface area contributed by atoms with Gasteiger partial charge in [-0.2, -0.15) is 0 Å². The number of nitrogens with zero attached hydrogens (tertiary/aromatic N) is 1. The van der Waals surface area contributed by atoms with Crippen LogP contribution in [0.3, 0.4) is 0 Å². The first kappa shape index (κ1) is 12.5. The predicted molar refractivity (Wildman–Crippen MR) is 66.4 cm³/mol. The molecule has 0 aromatic heterocycles. The second kappa shape index (κ2) is 6.11. The van der Waals surface area contributed by atoms with Crippen LogP contribution in [-0.4, -0.2) is 32.1 Å². The van der Waals surface area contributed by atoms with Crippen molar-refractivity contribution in [2.45, 2.75) is 12.3 Å². The summed E-state index contributed by atoms with van der Waals surface area (Å²) in [5.74, 6) is 0.435. The van der Waals surface area contributed by atoms with E-state index in [0.717, 1.165) is 18.0 Å². The Kier molecular flexibility index (Phi) is 5.09. The average molecular weight is 227 g/mol. The minimum absolute atomic E-state index is 0.435. The molecule has 0 fully saturated rings. The average Bonchev–Trinajstić information content (AvgIpc) is 2.21. The molecule has 0 amide bonds. The van der Waals surface area contributed by atoms with Gasteiger partial charge in [0.05, 0.1) is 0 Å². The smallest absolute Gasteiger partial charge is 0.0406 e. The van der Waals surface area contributed by atoms with Crippen LogP contribution in [0, 0.1) is 0 Å². The molecule has 2 N–H and O–H groups in total. The Balaban J connectivity index is 2.61. The molecule has 15 heavy (non-hydrogen) atoms. The van der Waals surface area contributed by atoms with E-state index in [2.05, 4.69) is 31.1 Å². The summed E-state index contributed by atoms with van der Waals surface area (Å²) in [5.41, 5.74) is 7.06. The molecule has 0 aliphatic heterocycles. The molecule has 84 valence electrons. The molecule has 0 radical (unpaired) electrons. The van der Waals surface area contributed by atoms with E-state index in [1.807, 2.05) is 12.1 Å². The lowest BCUT2D eigenvalue weighted by Gasteiger charge is -2.18. The number of rotatable bonds is 5. The molecule has 1 rings (SSSR count). The Bertz CT molecular complexity index is 282. The van der Waals surface area contributed by atoms with Crippen LogP contribution in [-0.2, 0) is 0 Å². The highest BCUT2D eigenvalue weighted by Crippen LogP contribution is 2.20. The van der Waals surface area contributed by atoms with Crippen LogP contribution in [0.5, 0.6) is 0 Å². The molecule has 3 heteroatoms. The van der Waals surface area contributed by atoms with Crippen molar-refractivity contribution in [3.63, 3.8) is 0 Å². The molecule has 2 nitrogen and oxygen atoms in total. The van der Waals surface area contributed by atoms with Crippen molar-refractivity contribution >= 4 is 11.6 Å². The van der Waals surface area contributed by atoms with Gasteiger partial charge in [0.2, 0.25) is 0 Å². The van der Waals surface area contributed by atoms with Gasteiger partial charge in [-0.3, -0.25) is 0 Å². The van der Waals surface area contributed by atoms with E-state index < -0.39 is 0 Å². The molecule has 0 aliphatic carbocycles. The van der Waals surface area contributed by atoms with Gasteiger partial charge in [0.15, 0.2) is 0 Å². The third-order valence-corrected chi connectivity index (χ3v) is 2.80. The molecular formula is C12H19ClN2. The summed E-state index contributed by atoms with van der Waals surface area (Å²) in [5, 5.41) is 0.780. The summed E-state index contributed by atoms with van der Waals surface area (Å²) in [6.45, 7) is 1.75. The topological polar surface area (TPSA) is 29.3 Å². The van der Waals surface area contributed by atoms with Crippen LogP contribution >= 0.6 is 11.6 Å². The molecule has 1 aromatic carbocycles. The molecule has 1 atom stereocenters. The standard InChI is InChI=1S/C12H19ClN2/c1-15(2)8-7-11(9-14)10-3-5-12(13)6-4-10/h3-6,11H,7-9,14H2,1-2H3/t11-/m0/s1. The van der Waals surface area contributed by atoms with E-state index in [1.54, 1.807) is 0 Å². The summed E-state index contributed by atoms with van der Waals surface area (Å²) in [6, 6.07) is 7.98. The largest absolute Gasteiger partial charge is 0.330 e. The van der Waals surface area contributed by atoms with E-state index in [0.29, 0.717) is 12.5 Å². The van der Waals surface area contributed by atoms with E-state index in [9.17, 15) is 0 Å². The maximum atomic E-state index is 5.85. The number of benzene rings is 1. The lowest BCUT2D eigenvalue weighted by molar-refractivity contribution is 0.382. The molecule has 0 unspecified atom stereocenters. The zero-order chi connectivity index (χ0) is 11.3. The number of hydrogen-bond acceptors (Lipinski definition) is 2. The maximum Gasteiger partial charge on any atom is 0.0406 e. The van der Waals surface area contributed by atoms with Crippen molar-refractivity contribution < 1.29 is 0 Å². The van der Waals surface area contributed by atoms with Gasteiger partial charge in [-0.1, -0.05) is 23.7 Å². The molecule has 0 bridgehead atoms. The number of hydrogen-bond donors (Lipinski definition) is 1. The van der Waals surface area contributed by atoms with Crippen LogP contribution in [0.15, 0.2) is 24.3 Å². The third-order valence-electron chi connectivity index (χ3n) is 2.55. The quantitative estimate of drug-likeness (QED) is 0.835. The molecule has 1 aromatic rings. The van der Waals surface area contributed by atoms with Crippen molar-refractivity contribution in [3.05, 3.63) is 34.9 Å². The van der Waals surface area contributed by atoms with Gasteiger partial charge in [-0.15, -0.1) is 0 Å². The second-order valence-corrected chi connectivity index (χ2v) is 4.51. The van der Waals surface area contributed by atoms with Gasteiger partial charge in [-0.25, -0.2) is 0 Å². The van der Waals surface area contributed by atoms with Crippen molar-refractivity contribution in [3.8, 4) is 0 Å². The first-order valence-corrected chi connectivity index (χ1v) is 5.61. The van der Waals surface area contributed by atoms with E-state index in [-0.39, 0.29) is 0 Å². The Hall–Kier alpha value is -0.570. The lowest BCUT2D eigenvalue weighted by Crippen LogP contribution is -2.20. The highest BCUT2D eigenvalue weighted by Gasteiger charge is 2.09. The fourth-order valence-electron chi connectivity index (χ4n) is 1.57. The first-order chi connectivity index (χ1) is 7.13. The molecule has 0 saturated carbocycles. The third kappa shape index (κ3) is 4.20. The lowest BCUT2D eigenvalue weighted by atomic mass is 9.96.